The number of hydrogen-bond acceptors (Lipinski definition) is 2. The van der Waals surface area contributed by atoms with Crippen LogP contribution in [0, 0.1) is 6.92 Å². The van der Waals surface area contributed by atoms with E-state index in [1.54, 1.807) is 11.2 Å². The molecule has 0 fully saturated rings. The van der Waals surface area contributed by atoms with Gasteiger partial charge in [0.1, 0.15) is 5.76 Å². The minimum Gasteiger partial charge on any atom is -0.467 e. The van der Waals surface area contributed by atoms with Crippen molar-refractivity contribution in [1.29, 1.82) is 0 Å². The lowest BCUT2D eigenvalue weighted by molar-refractivity contribution is 0.0741. The Labute approximate surface area is 121 Å². The van der Waals surface area contributed by atoms with Crippen LogP contribution in [0.5, 0.6) is 0 Å². The average molecular weight is 322 g/mol. The van der Waals surface area contributed by atoms with Crippen molar-refractivity contribution in [2.75, 3.05) is 6.54 Å². The maximum atomic E-state index is 12.5. The van der Waals surface area contributed by atoms with Gasteiger partial charge in [-0.25, -0.2) is 0 Å². The largest absolute Gasteiger partial charge is 0.467 e. The van der Waals surface area contributed by atoms with Gasteiger partial charge in [-0.05, 0) is 49.7 Å². The van der Waals surface area contributed by atoms with E-state index < -0.39 is 0 Å². The molecule has 0 bridgehead atoms. The van der Waals surface area contributed by atoms with Crippen LogP contribution in [-0.2, 0) is 6.54 Å². The van der Waals surface area contributed by atoms with E-state index in [-0.39, 0.29) is 5.91 Å². The molecule has 0 unspecified atom stereocenters. The molecule has 0 radical (unpaired) electrons. The molecule has 0 saturated carbocycles. The zero-order chi connectivity index (χ0) is 13.8. The van der Waals surface area contributed by atoms with E-state index in [0.29, 0.717) is 18.7 Å². The molecule has 1 amide bonds. The molecule has 0 atom stereocenters. The van der Waals surface area contributed by atoms with E-state index in [4.69, 9.17) is 4.42 Å². The van der Waals surface area contributed by atoms with Crippen molar-refractivity contribution < 1.29 is 9.21 Å². The molecule has 0 spiro atoms. The highest BCUT2D eigenvalue weighted by molar-refractivity contribution is 9.10. The van der Waals surface area contributed by atoms with E-state index in [2.05, 4.69) is 15.9 Å². The second-order valence-corrected chi connectivity index (χ2v) is 5.33. The summed E-state index contributed by atoms with van der Waals surface area (Å²) in [6, 6.07) is 9.44. The molecule has 1 aromatic heterocycles. The summed E-state index contributed by atoms with van der Waals surface area (Å²) in [4.78, 5) is 14.2. The minimum absolute atomic E-state index is 0.0169. The number of carbonyl (C=O) groups is 1. The summed E-state index contributed by atoms with van der Waals surface area (Å²) in [6.45, 7) is 5.08. The Bertz CT molecular complexity index is 543. The van der Waals surface area contributed by atoms with Crippen LogP contribution in [0.2, 0.25) is 0 Å². The second kappa shape index (κ2) is 6.06. The first-order chi connectivity index (χ1) is 9.10. The van der Waals surface area contributed by atoms with Crippen LogP contribution in [0.3, 0.4) is 0 Å². The minimum atomic E-state index is 0.0169. The van der Waals surface area contributed by atoms with Crippen LogP contribution in [-0.4, -0.2) is 17.4 Å². The fourth-order valence-electron chi connectivity index (χ4n) is 1.96. The smallest absolute Gasteiger partial charge is 0.254 e. The molecule has 0 aliphatic rings. The third-order valence-electron chi connectivity index (χ3n) is 2.88. The van der Waals surface area contributed by atoms with Crippen LogP contribution in [0.25, 0.3) is 0 Å². The summed E-state index contributed by atoms with van der Waals surface area (Å²) in [5, 5.41) is 0. The standard InChI is InChI=1S/C15H16BrNO2/c1-3-17(10-14-5-4-6-19-14)15(18)12-7-11(2)8-13(16)9-12/h4-9H,3,10H2,1-2H3. The zero-order valence-electron chi connectivity index (χ0n) is 11.0. The van der Waals surface area contributed by atoms with E-state index >= 15 is 0 Å². The van der Waals surface area contributed by atoms with Gasteiger partial charge in [-0.1, -0.05) is 15.9 Å². The molecule has 0 N–H and O–H groups in total. The Balaban J connectivity index is 2.20. The first kappa shape index (κ1) is 13.9. The predicted octanol–water partition coefficient (Wildman–Crippen LogP) is 4.01. The average Bonchev–Trinajstić information content (AvgIpc) is 2.86. The maximum absolute atomic E-state index is 12.5. The molecule has 0 saturated heterocycles. The fourth-order valence-corrected chi connectivity index (χ4v) is 2.57. The third kappa shape index (κ3) is 3.47. The molecule has 100 valence electrons. The van der Waals surface area contributed by atoms with Crippen molar-refractivity contribution in [3.63, 3.8) is 0 Å². The molecule has 19 heavy (non-hydrogen) atoms. The lowest BCUT2D eigenvalue weighted by atomic mass is 10.1. The molecule has 1 aromatic carbocycles. The van der Waals surface area contributed by atoms with Crippen molar-refractivity contribution in [1.82, 2.24) is 4.90 Å². The number of halogens is 1. The highest BCUT2D eigenvalue weighted by Crippen LogP contribution is 2.18. The van der Waals surface area contributed by atoms with Gasteiger partial charge in [0, 0.05) is 16.6 Å². The van der Waals surface area contributed by atoms with Gasteiger partial charge in [0.25, 0.3) is 5.91 Å². The third-order valence-corrected chi connectivity index (χ3v) is 3.34. The molecule has 0 aliphatic heterocycles. The first-order valence-electron chi connectivity index (χ1n) is 6.19. The summed E-state index contributed by atoms with van der Waals surface area (Å²) in [7, 11) is 0. The van der Waals surface area contributed by atoms with Crippen molar-refractivity contribution in [2.24, 2.45) is 0 Å². The van der Waals surface area contributed by atoms with E-state index in [1.807, 2.05) is 44.2 Å². The monoisotopic (exact) mass is 321 g/mol. The molecule has 0 aliphatic carbocycles. The van der Waals surface area contributed by atoms with Crippen LogP contribution in [0.1, 0.15) is 28.6 Å². The van der Waals surface area contributed by atoms with Gasteiger partial charge in [-0.3, -0.25) is 4.79 Å². The molecule has 1 heterocycles. The maximum Gasteiger partial charge on any atom is 0.254 e. The summed E-state index contributed by atoms with van der Waals surface area (Å²) in [5.74, 6) is 0.810. The number of furan rings is 1. The molecule has 2 aromatic rings. The first-order valence-corrected chi connectivity index (χ1v) is 6.98. The molecular weight excluding hydrogens is 306 g/mol. The predicted molar refractivity (Wildman–Crippen MR) is 78.0 cm³/mol. The van der Waals surface area contributed by atoms with Crippen molar-refractivity contribution in [3.05, 3.63) is 58.0 Å². The Hall–Kier alpha value is -1.55. The zero-order valence-corrected chi connectivity index (χ0v) is 12.6. The van der Waals surface area contributed by atoms with Crippen molar-refractivity contribution >= 4 is 21.8 Å². The van der Waals surface area contributed by atoms with E-state index in [1.165, 1.54) is 0 Å². The molecule has 2 rings (SSSR count). The Morgan fingerprint density at radius 2 is 2.16 bits per heavy atom. The highest BCUT2D eigenvalue weighted by Gasteiger charge is 2.16. The van der Waals surface area contributed by atoms with Gasteiger partial charge < -0.3 is 9.32 Å². The van der Waals surface area contributed by atoms with Crippen molar-refractivity contribution in [3.8, 4) is 0 Å². The summed E-state index contributed by atoms with van der Waals surface area (Å²) >= 11 is 3.42. The lowest BCUT2D eigenvalue weighted by Crippen LogP contribution is -2.30. The highest BCUT2D eigenvalue weighted by atomic mass is 79.9. The lowest BCUT2D eigenvalue weighted by Gasteiger charge is -2.20. The van der Waals surface area contributed by atoms with Crippen LogP contribution >= 0.6 is 15.9 Å². The molecular formula is C15H16BrNO2. The second-order valence-electron chi connectivity index (χ2n) is 4.42. The summed E-state index contributed by atoms with van der Waals surface area (Å²) < 4.78 is 6.22. The Morgan fingerprint density at radius 1 is 1.37 bits per heavy atom. The number of rotatable bonds is 4. The van der Waals surface area contributed by atoms with Gasteiger partial charge in [-0.15, -0.1) is 0 Å². The number of carbonyl (C=O) groups excluding carboxylic acids is 1. The fraction of sp³-hybridized carbons (Fsp3) is 0.267. The van der Waals surface area contributed by atoms with Gasteiger partial charge >= 0.3 is 0 Å². The van der Waals surface area contributed by atoms with Gasteiger partial charge in [0.05, 0.1) is 12.8 Å². The quantitative estimate of drug-likeness (QED) is 0.852. The van der Waals surface area contributed by atoms with Crippen LogP contribution in [0.15, 0.2) is 45.5 Å². The SMILES string of the molecule is CCN(Cc1ccco1)C(=O)c1cc(C)cc(Br)c1. The topological polar surface area (TPSA) is 33.5 Å². The summed E-state index contributed by atoms with van der Waals surface area (Å²) in [5.41, 5.74) is 1.76. The van der Waals surface area contributed by atoms with Gasteiger partial charge in [-0.2, -0.15) is 0 Å². The van der Waals surface area contributed by atoms with E-state index in [0.717, 1.165) is 15.8 Å². The number of aryl methyl sites for hydroxylation is 1. The number of amides is 1. The molecule has 3 nitrogen and oxygen atoms in total. The summed E-state index contributed by atoms with van der Waals surface area (Å²) in [6.07, 6.45) is 1.62. The van der Waals surface area contributed by atoms with E-state index in [9.17, 15) is 4.79 Å². The van der Waals surface area contributed by atoms with Gasteiger partial charge in [0.15, 0.2) is 0 Å². The van der Waals surface area contributed by atoms with Gasteiger partial charge in [0.2, 0.25) is 0 Å². The van der Waals surface area contributed by atoms with Crippen LogP contribution in [0.4, 0.5) is 0 Å². The Morgan fingerprint density at radius 3 is 2.74 bits per heavy atom. The van der Waals surface area contributed by atoms with Crippen molar-refractivity contribution in [2.45, 2.75) is 20.4 Å². The number of benzene rings is 1. The Kier molecular flexibility index (Phi) is 4.43. The number of hydrogen-bond donors (Lipinski definition) is 0. The number of nitrogens with zero attached hydrogens (tertiary/aromatic N) is 1. The van der Waals surface area contributed by atoms with Crippen LogP contribution < -0.4 is 0 Å². The molecule has 4 heteroatoms. The normalized spacial score (nSPS) is 10.5.